The normalized spacial score (nSPS) is 19.8. The average molecular weight is 240 g/mol. The molecule has 0 bridgehead atoms. The van der Waals surface area contributed by atoms with Crippen molar-refractivity contribution in [1.82, 2.24) is 4.98 Å². The molecule has 0 aromatic carbocycles. The lowest BCUT2D eigenvalue weighted by Gasteiger charge is -2.16. The summed E-state index contributed by atoms with van der Waals surface area (Å²) in [4.78, 5) is 16.0. The van der Waals surface area contributed by atoms with E-state index in [0.717, 1.165) is 0 Å². The van der Waals surface area contributed by atoms with Crippen molar-refractivity contribution in [1.29, 1.82) is 0 Å². The van der Waals surface area contributed by atoms with Gasteiger partial charge in [0, 0.05) is 6.54 Å². The van der Waals surface area contributed by atoms with Gasteiger partial charge in [-0.1, -0.05) is 25.4 Å². The molecule has 0 saturated heterocycles. The van der Waals surface area contributed by atoms with Gasteiger partial charge in [-0.15, -0.1) is 0 Å². The molecule has 1 aliphatic rings. The quantitative estimate of drug-likeness (QED) is 0.740. The molecule has 2 rings (SSSR count). The molecule has 5 heteroatoms. The minimum Gasteiger partial charge on any atom is -0.367 e. The maximum atomic E-state index is 11.9. The van der Waals surface area contributed by atoms with Crippen molar-refractivity contribution in [3.63, 3.8) is 0 Å². The van der Waals surface area contributed by atoms with Gasteiger partial charge < -0.3 is 10.6 Å². The van der Waals surface area contributed by atoms with Crippen molar-refractivity contribution in [3.8, 4) is 0 Å². The van der Waals surface area contributed by atoms with Gasteiger partial charge in [0.25, 0.3) is 0 Å². The maximum absolute atomic E-state index is 11.9. The van der Waals surface area contributed by atoms with Crippen LogP contribution in [0.1, 0.15) is 13.8 Å². The van der Waals surface area contributed by atoms with E-state index in [1.54, 1.807) is 12.1 Å². The number of aromatic nitrogens is 1. The second-order valence-electron chi connectivity index (χ2n) is 4.25. The molecule has 0 spiro atoms. The summed E-state index contributed by atoms with van der Waals surface area (Å²) in [5, 5.41) is 6.43. The highest BCUT2D eigenvalue weighted by atomic mass is 35.5. The van der Waals surface area contributed by atoms with Gasteiger partial charge in [0.05, 0.1) is 11.6 Å². The number of amides is 1. The summed E-state index contributed by atoms with van der Waals surface area (Å²) in [7, 11) is 0. The van der Waals surface area contributed by atoms with Gasteiger partial charge in [-0.3, -0.25) is 4.79 Å². The molecule has 1 amide bonds. The van der Waals surface area contributed by atoms with Crippen LogP contribution in [0.4, 0.5) is 11.5 Å². The minimum absolute atomic E-state index is 0.0328. The Morgan fingerprint density at radius 3 is 2.94 bits per heavy atom. The highest BCUT2D eigenvalue weighted by molar-refractivity contribution is 6.29. The lowest BCUT2D eigenvalue weighted by Crippen LogP contribution is -2.29. The standard InChI is InChI=1S/C11H14ClN3O/c1-6(2)7-5-13-10-8(14-11(7)16)3-4-9(12)15-10/h3-4,6-7H,5H2,1-2H3,(H,13,15)(H,14,16). The Kier molecular flexibility index (Phi) is 3.01. The van der Waals surface area contributed by atoms with Crippen LogP contribution in [-0.2, 0) is 4.79 Å². The monoisotopic (exact) mass is 239 g/mol. The van der Waals surface area contributed by atoms with Crippen molar-refractivity contribution < 1.29 is 4.79 Å². The SMILES string of the molecule is CC(C)C1CNc2nc(Cl)ccc2NC1=O. The van der Waals surface area contributed by atoms with E-state index < -0.39 is 0 Å². The van der Waals surface area contributed by atoms with Crippen molar-refractivity contribution in [2.45, 2.75) is 13.8 Å². The summed E-state index contributed by atoms with van der Waals surface area (Å²) in [6.45, 7) is 4.65. The number of hydrogen-bond acceptors (Lipinski definition) is 3. The van der Waals surface area contributed by atoms with Gasteiger partial charge in [-0.25, -0.2) is 4.98 Å². The predicted octanol–water partition coefficient (Wildman–Crippen LogP) is 2.37. The van der Waals surface area contributed by atoms with Crippen LogP contribution in [0.25, 0.3) is 0 Å². The number of rotatable bonds is 1. The fraction of sp³-hybridized carbons (Fsp3) is 0.455. The van der Waals surface area contributed by atoms with E-state index in [2.05, 4.69) is 15.6 Å². The van der Waals surface area contributed by atoms with Crippen LogP contribution in [0.2, 0.25) is 5.15 Å². The maximum Gasteiger partial charge on any atom is 0.229 e. The van der Waals surface area contributed by atoms with Crippen LogP contribution >= 0.6 is 11.6 Å². The molecular formula is C11H14ClN3O. The molecule has 2 N–H and O–H groups in total. The Labute approximate surface area is 99.4 Å². The molecular weight excluding hydrogens is 226 g/mol. The molecule has 1 unspecified atom stereocenters. The van der Waals surface area contributed by atoms with Crippen molar-refractivity contribution in [2.75, 3.05) is 17.2 Å². The van der Waals surface area contributed by atoms with Crippen LogP contribution in [0, 0.1) is 11.8 Å². The third-order valence-electron chi connectivity index (χ3n) is 2.75. The number of carbonyl (C=O) groups is 1. The summed E-state index contributed by atoms with van der Waals surface area (Å²) in [6.07, 6.45) is 0. The van der Waals surface area contributed by atoms with Gasteiger partial charge in [0.1, 0.15) is 5.15 Å². The fourth-order valence-electron chi connectivity index (χ4n) is 1.73. The molecule has 1 aliphatic heterocycles. The summed E-state index contributed by atoms with van der Waals surface area (Å²) in [5.41, 5.74) is 0.692. The molecule has 0 radical (unpaired) electrons. The largest absolute Gasteiger partial charge is 0.367 e. The zero-order valence-corrected chi connectivity index (χ0v) is 10.0. The third-order valence-corrected chi connectivity index (χ3v) is 2.96. The zero-order valence-electron chi connectivity index (χ0n) is 9.25. The Balaban J connectivity index is 2.29. The fourth-order valence-corrected chi connectivity index (χ4v) is 1.88. The number of pyridine rings is 1. The minimum atomic E-state index is -0.0482. The summed E-state index contributed by atoms with van der Waals surface area (Å²) >= 11 is 5.80. The first-order chi connectivity index (χ1) is 7.58. The zero-order chi connectivity index (χ0) is 11.7. The van der Waals surface area contributed by atoms with Crippen LogP contribution in [0.15, 0.2) is 12.1 Å². The first kappa shape index (κ1) is 11.2. The second-order valence-corrected chi connectivity index (χ2v) is 4.64. The lowest BCUT2D eigenvalue weighted by atomic mass is 9.95. The van der Waals surface area contributed by atoms with Crippen LogP contribution in [0.3, 0.4) is 0 Å². The van der Waals surface area contributed by atoms with E-state index in [0.29, 0.717) is 23.2 Å². The van der Waals surface area contributed by atoms with Gasteiger partial charge in [-0.2, -0.15) is 0 Å². The third kappa shape index (κ3) is 2.11. The Morgan fingerprint density at radius 1 is 1.50 bits per heavy atom. The first-order valence-electron chi connectivity index (χ1n) is 5.29. The van der Waals surface area contributed by atoms with Crippen LogP contribution in [-0.4, -0.2) is 17.4 Å². The van der Waals surface area contributed by atoms with E-state index in [1.807, 2.05) is 13.8 Å². The molecule has 2 heterocycles. The molecule has 0 aliphatic carbocycles. The van der Waals surface area contributed by atoms with Crippen molar-refractivity contribution in [3.05, 3.63) is 17.3 Å². The smallest absolute Gasteiger partial charge is 0.229 e. The van der Waals surface area contributed by atoms with E-state index >= 15 is 0 Å². The van der Waals surface area contributed by atoms with Crippen LogP contribution < -0.4 is 10.6 Å². The molecule has 0 saturated carbocycles. The molecule has 86 valence electrons. The second kappa shape index (κ2) is 4.29. The molecule has 1 atom stereocenters. The van der Waals surface area contributed by atoms with Gasteiger partial charge >= 0.3 is 0 Å². The van der Waals surface area contributed by atoms with E-state index in [1.165, 1.54) is 0 Å². The molecule has 0 fully saturated rings. The van der Waals surface area contributed by atoms with Crippen molar-refractivity contribution in [2.24, 2.45) is 11.8 Å². The number of halogens is 1. The molecule has 4 nitrogen and oxygen atoms in total. The Hall–Kier alpha value is -1.29. The van der Waals surface area contributed by atoms with Crippen LogP contribution in [0.5, 0.6) is 0 Å². The number of anilines is 2. The topological polar surface area (TPSA) is 54.0 Å². The summed E-state index contributed by atoms with van der Waals surface area (Å²) in [5.74, 6) is 0.916. The number of carbonyl (C=O) groups excluding carboxylic acids is 1. The van der Waals surface area contributed by atoms with E-state index in [9.17, 15) is 4.79 Å². The number of nitrogens with one attached hydrogen (secondary N) is 2. The highest BCUT2D eigenvalue weighted by Gasteiger charge is 2.26. The summed E-state index contributed by atoms with van der Waals surface area (Å²) in [6, 6.07) is 3.43. The average Bonchev–Trinajstić information content (AvgIpc) is 2.36. The predicted molar refractivity (Wildman–Crippen MR) is 64.7 cm³/mol. The van der Waals surface area contributed by atoms with Gasteiger partial charge in [-0.05, 0) is 18.1 Å². The van der Waals surface area contributed by atoms with E-state index in [-0.39, 0.29) is 17.7 Å². The van der Waals surface area contributed by atoms with E-state index in [4.69, 9.17) is 11.6 Å². The van der Waals surface area contributed by atoms with Gasteiger partial charge in [0.15, 0.2) is 5.82 Å². The highest BCUT2D eigenvalue weighted by Crippen LogP contribution is 2.27. The Morgan fingerprint density at radius 2 is 2.25 bits per heavy atom. The lowest BCUT2D eigenvalue weighted by molar-refractivity contribution is -0.120. The number of nitrogens with zero attached hydrogens (tertiary/aromatic N) is 1. The number of hydrogen-bond donors (Lipinski definition) is 2. The Bertz CT molecular complexity index is 420. The first-order valence-corrected chi connectivity index (χ1v) is 5.67. The molecule has 1 aromatic rings. The summed E-state index contributed by atoms with van der Waals surface area (Å²) < 4.78 is 0. The number of fused-ring (bicyclic) bond motifs is 1. The van der Waals surface area contributed by atoms with Crippen molar-refractivity contribution >= 4 is 29.0 Å². The molecule has 1 aromatic heterocycles. The molecule has 16 heavy (non-hydrogen) atoms. The van der Waals surface area contributed by atoms with Gasteiger partial charge in [0.2, 0.25) is 5.91 Å².